The van der Waals surface area contributed by atoms with Gasteiger partial charge >= 0.3 is 11.6 Å². The summed E-state index contributed by atoms with van der Waals surface area (Å²) in [5, 5.41) is 17.3. The summed E-state index contributed by atoms with van der Waals surface area (Å²) >= 11 is 0. The Balaban J connectivity index is 3.39. The predicted molar refractivity (Wildman–Crippen MR) is 30.5 cm³/mol. The van der Waals surface area contributed by atoms with Gasteiger partial charge in [0.2, 0.25) is 5.75 Å². The maximum absolute atomic E-state index is 10.4. The van der Waals surface area contributed by atoms with Crippen LogP contribution in [-0.4, -0.2) is 10.2 Å². The lowest BCUT2D eigenvalue weighted by Gasteiger charge is -1.85. The molecule has 0 aliphatic rings. The van der Waals surface area contributed by atoms with Crippen molar-refractivity contribution in [3.05, 3.63) is 22.6 Å². The van der Waals surface area contributed by atoms with E-state index in [4.69, 9.17) is 10.2 Å². The van der Waals surface area contributed by atoms with E-state index in [1.165, 1.54) is 0 Å². The SMILES string of the molecule is O=c1ccc(O)c(O)ooo1. The van der Waals surface area contributed by atoms with Gasteiger partial charge in [0.15, 0.2) is 0 Å². The molecule has 0 bridgehead atoms. The predicted octanol–water partition coefficient (Wildman–Crippen LogP) is 0.361. The highest BCUT2D eigenvalue weighted by molar-refractivity contribution is 5.23. The fourth-order valence-electron chi connectivity index (χ4n) is 0.371. The van der Waals surface area contributed by atoms with E-state index in [-0.39, 0.29) is 0 Å². The van der Waals surface area contributed by atoms with E-state index in [2.05, 4.69) is 13.9 Å². The molecule has 0 spiro atoms. The summed E-state index contributed by atoms with van der Waals surface area (Å²) in [7, 11) is 0. The van der Waals surface area contributed by atoms with Gasteiger partial charge in [-0.25, -0.2) is 13.9 Å². The van der Waals surface area contributed by atoms with Gasteiger partial charge in [-0.2, -0.15) is 0 Å². The zero-order chi connectivity index (χ0) is 8.27. The fraction of sp³-hybridized carbons (Fsp3) is 0. The summed E-state index contributed by atoms with van der Waals surface area (Å²) in [5.74, 6) is -1.50. The summed E-state index contributed by atoms with van der Waals surface area (Å²) < 4.78 is 11.4. The molecule has 0 aliphatic heterocycles. The molecule has 0 radical (unpaired) electrons. The average Bonchev–Trinajstić information content (AvgIpc) is 1.98. The van der Waals surface area contributed by atoms with E-state index in [1.807, 2.05) is 0 Å². The van der Waals surface area contributed by atoms with Crippen LogP contribution in [0.25, 0.3) is 0 Å². The second kappa shape index (κ2) is 2.82. The molecule has 2 N–H and O–H groups in total. The van der Waals surface area contributed by atoms with E-state index in [1.54, 1.807) is 0 Å². The van der Waals surface area contributed by atoms with Crippen LogP contribution in [0.4, 0.5) is 0 Å². The van der Waals surface area contributed by atoms with Crippen LogP contribution in [0, 0.1) is 0 Å². The smallest absolute Gasteiger partial charge is 0.383 e. The third-order valence-electron chi connectivity index (χ3n) is 0.826. The van der Waals surface area contributed by atoms with Crippen molar-refractivity contribution in [2.24, 2.45) is 0 Å². The van der Waals surface area contributed by atoms with Crippen LogP contribution in [0.1, 0.15) is 0 Å². The maximum Gasteiger partial charge on any atom is 0.383 e. The van der Waals surface area contributed by atoms with Crippen molar-refractivity contribution in [1.29, 1.82) is 0 Å². The summed E-state index contributed by atoms with van der Waals surface area (Å²) in [6, 6.07) is 1.76. The molecule has 0 fully saturated rings. The van der Waals surface area contributed by atoms with Crippen molar-refractivity contribution in [2.75, 3.05) is 0 Å². The lowest BCUT2D eigenvalue weighted by atomic mass is 10.5. The molecule has 1 aromatic heterocycles. The minimum atomic E-state index is -0.881. The van der Waals surface area contributed by atoms with Crippen molar-refractivity contribution in [3.63, 3.8) is 0 Å². The lowest BCUT2D eigenvalue weighted by molar-refractivity contribution is -0.195. The number of aromatic hydroxyl groups is 2. The van der Waals surface area contributed by atoms with E-state index < -0.39 is 17.3 Å². The van der Waals surface area contributed by atoms with Gasteiger partial charge in [0.1, 0.15) is 0 Å². The summed E-state index contributed by atoms with van der Waals surface area (Å²) in [4.78, 5) is 10.4. The largest absolute Gasteiger partial charge is 0.502 e. The topological polar surface area (TPSA) is 97.0 Å². The van der Waals surface area contributed by atoms with Gasteiger partial charge in [0.05, 0.1) is 0 Å². The molecule has 60 valence electrons. The van der Waals surface area contributed by atoms with Crippen LogP contribution >= 0.6 is 0 Å². The summed E-state index contributed by atoms with van der Waals surface area (Å²) in [6.45, 7) is 0. The minimum absolute atomic E-state index is 0.623. The Kier molecular flexibility index (Phi) is 1.86. The molecule has 0 aromatic carbocycles. The molecule has 1 rings (SSSR count). The molecular formula is C5H4O6. The van der Waals surface area contributed by atoms with Gasteiger partial charge in [-0.15, -0.1) is 0 Å². The Morgan fingerprint density at radius 1 is 1.18 bits per heavy atom. The van der Waals surface area contributed by atoms with Crippen molar-refractivity contribution in [1.82, 2.24) is 0 Å². The molecule has 11 heavy (non-hydrogen) atoms. The Morgan fingerprint density at radius 3 is 2.64 bits per heavy atom. The van der Waals surface area contributed by atoms with Crippen LogP contribution in [0.3, 0.4) is 0 Å². The standard InChI is InChI=1S/C5H4O6/c6-3-1-2-4(7)9-11-10-5(3)8/h1-2,6,8H. The fourth-order valence-corrected chi connectivity index (χ4v) is 0.371. The van der Waals surface area contributed by atoms with Crippen LogP contribution in [0.2, 0.25) is 0 Å². The van der Waals surface area contributed by atoms with Crippen molar-refractivity contribution in [3.8, 4) is 11.7 Å². The number of hydrogen-bond donors (Lipinski definition) is 2. The van der Waals surface area contributed by atoms with E-state index in [0.717, 1.165) is 12.1 Å². The number of rotatable bonds is 0. The van der Waals surface area contributed by atoms with Crippen molar-refractivity contribution >= 4 is 0 Å². The first kappa shape index (κ1) is 7.26. The first-order valence-corrected chi connectivity index (χ1v) is 2.55. The molecule has 0 saturated heterocycles. The highest BCUT2D eigenvalue weighted by Crippen LogP contribution is 2.18. The summed E-state index contributed by atoms with van der Waals surface area (Å²) in [6.07, 6.45) is 0. The van der Waals surface area contributed by atoms with Gasteiger partial charge in [0.25, 0.3) is 0 Å². The van der Waals surface area contributed by atoms with Crippen molar-refractivity contribution in [2.45, 2.75) is 0 Å². The van der Waals surface area contributed by atoms with E-state index in [0.29, 0.717) is 0 Å². The second-order valence-corrected chi connectivity index (χ2v) is 1.58. The quantitative estimate of drug-likeness (QED) is 0.532. The monoisotopic (exact) mass is 160 g/mol. The Labute approximate surface area is 59.5 Å². The normalized spacial score (nSPS) is 9.09. The summed E-state index contributed by atoms with van der Waals surface area (Å²) in [5.41, 5.74) is -0.857. The first-order chi connectivity index (χ1) is 5.20. The second-order valence-electron chi connectivity index (χ2n) is 1.58. The average molecular weight is 160 g/mol. The minimum Gasteiger partial charge on any atom is -0.502 e. The zero-order valence-electron chi connectivity index (χ0n) is 5.18. The third-order valence-corrected chi connectivity index (χ3v) is 0.826. The first-order valence-electron chi connectivity index (χ1n) is 2.55. The molecule has 1 heterocycles. The molecule has 6 heteroatoms. The molecule has 0 aliphatic carbocycles. The van der Waals surface area contributed by atoms with E-state index >= 15 is 0 Å². The van der Waals surface area contributed by atoms with Crippen LogP contribution in [0.15, 0.2) is 30.8 Å². The lowest BCUT2D eigenvalue weighted by Crippen LogP contribution is -1.89. The van der Waals surface area contributed by atoms with Gasteiger partial charge in [0, 0.05) is 6.07 Å². The number of hydrogen-bond acceptors (Lipinski definition) is 6. The van der Waals surface area contributed by atoms with Gasteiger partial charge in [-0.3, -0.25) is 0 Å². The van der Waals surface area contributed by atoms with Gasteiger partial charge in [-0.05, 0) is 6.07 Å². The molecule has 0 atom stereocenters. The Morgan fingerprint density at radius 2 is 1.91 bits per heavy atom. The maximum atomic E-state index is 10.4. The van der Waals surface area contributed by atoms with Crippen LogP contribution < -0.4 is 5.63 Å². The molecule has 0 saturated carbocycles. The van der Waals surface area contributed by atoms with E-state index in [9.17, 15) is 4.79 Å². The van der Waals surface area contributed by atoms with Gasteiger partial charge < -0.3 is 10.2 Å². The molecule has 0 unspecified atom stereocenters. The molecule has 0 amide bonds. The zero-order valence-corrected chi connectivity index (χ0v) is 5.18. The van der Waals surface area contributed by atoms with Gasteiger partial charge in [-0.1, -0.05) is 4.74 Å². The van der Waals surface area contributed by atoms with Crippen molar-refractivity contribution < 1.29 is 24.1 Å². The molecule has 6 nitrogen and oxygen atoms in total. The highest BCUT2D eigenvalue weighted by Gasteiger charge is 1.97. The Hall–Kier alpha value is -1.85. The molecule has 1 aromatic rings. The highest BCUT2D eigenvalue weighted by atomic mass is 17.2. The van der Waals surface area contributed by atoms with Crippen LogP contribution in [-0.2, 0) is 0 Å². The third kappa shape index (κ3) is 1.78. The molecular weight excluding hydrogens is 156 g/mol. The Bertz CT molecular complexity index is 327. The van der Waals surface area contributed by atoms with Crippen LogP contribution in [0.5, 0.6) is 11.7 Å².